The Balaban J connectivity index is 2.52. The van der Waals surface area contributed by atoms with Crippen molar-refractivity contribution in [1.29, 1.82) is 0 Å². The maximum atomic E-state index is 13.5. The van der Waals surface area contributed by atoms with Gasteiger partial charge in [-0.1, -0.05) is 33.6 Å². The Kier molecular flexibility index (Phi) is 4.61. The Labute approximate surface area is 125 Å². The van der Waals surface area contributed by atoms with Gasteiger partial charge in [-0.05, 0) is 61.0 Å². The predicted molar refractivity (Wildman–Crippen MR) is 81.2 cm³/mol. The minimum atomic E-state index is -0.234. The lowest BCUT2D eigenvalue weighted by molar-refractivity contribution is 0.615. The monoisotopic (exact) mass is 341 g/mol. The third-order valence-electron chi connectivity index (χ3n) is 3.06. The van der Waals surface area contributed by atoms with E-state index < -0.39 is 0 Å². The average Bonchev–Trinajstić information content (AvgIpc) is 2.33. The fourth-order valence-electron chi connectivity index (χ4n) is 2.17. The Morgan fingerprint density at radius 3 is 2.58 bits per heavy atom. The summed E-state index contributed by atoms with van der Waals surface area (Å²) in [5.74, 6) is -0.234. The summed E-state index contributed by atoms with van der Waals surface area (Å²) < 4.78 is 14.4. The van der Waals surface area contributed by atoms with Crippen molar-refractivity contribution in [2.45, 2.75) is 13.0 Å². The van der Waals surface area contributed by atoms with Crippen molar-refractivity contribution in [3.05, 3.63) is 68.4 Å². The molecule has 0 aliphatic carbocycles. The quantitative estimate of drug-likeness (QED) is 0.840. The Morgan fingerprint density at radius 2 is 1.95 bits per heavy atom. The molecule has 1 nitrogen and oxygen atoms in total. The molecule has 0 bridgehead atoms. The number of benzene rings is 2. The minimum Gasteiger partial charge on any atom is -0.309 e. The molecular formula is C15H14BrClFN. The molecule has 1 atom stereocenters. The van der Waals surface area contributed by atoms with Gasteiger partial charge in [-0.3, -0.25) is 0 Å². The smallest absolute Gasteiger partial charge is 0.123 e. The first-order chi connectivity index (χ1) is 9.01. The zero-order valence-electron chi connectivity index (χ0n) is 10.7. The summed E-state index contributed by atoms with van der Waals surface area (Å²) in [6, 6.07) is 10.4. The molecule has 0 aliphatic heterocycles. The molecule has 0 heterocycles. The molecule has 0 saturated heterocycles. The van der Waals surface area contributed by atoms with Gasteiger partial charge in [0.15, 0.2) is 0 Å². The molecule has 2 aromatic rings. The van der Waals surface area contributed by atoms with Gasteiger partial charge in [0.1, 0.15) is 5.82 Å². The van der Waals surface area contributed by atoms with E-state index in [1.165, 1.54) is 6.07 Å². The molecule has 0 aromatic heterocycles. The van der Waals surface area contributed by atoms with E-state index in [0.717, 1.165) is 21.2 Å². The van der Waals surface area contributed by atoms with Crippen molar-refractivity contribution in [2.24, 2.45) is 0 Å². The lowest BCUT2D eigenvalue weighted by Crippen LogP contribution is -2.19. The van der Waals surface area contributed by atoms with Crippen LogP contribution in [0.15, 0.2) is 40.9 Å². The standard InChI is InChI=1S/C15H14BrClFN/c1-9-3-4-13(18)8-14(9)15(19-2)10-5-11(16)7-12(17)6-10/h3-8,15,19H,1-2H3. The largest absolute Gasteiger partial charge is 0.309 e. The first kappa shape index (κ1) is 14.5. The molecule has 4 heteroatoms. The van der Waals surface area contributed by atoms with Gasteiger partial charge in [0.05, 0.1) is 6.04 Å². The van der Waals surface area contributed by atoms with Crippen LogP contribution in [0.4, 0.5) is 4.39 Å². The Hall–Kier alpha value is -0.900. The highest BCUT2D eigenvalue weighted by Crippen LogP contribution is 2.29. The van der Waals surface area contributed by atoms with E-state index in [4.69, 9.17) is 11.6 Å². The van der Waals surface area contributed by atoms with E-state index in [2.05, 4.69) is 21.2 Å². The lowest BCUT2D eigenvalue weighted by Gasteiger charge is -2.20. The maximum Gasteiger partial charge on any atom is 0.123 e. The van der Waals surface area contributed by atoms with Crippen LogP contribution in [-0.2, 0) is 0 Å². The second kappa shape index (κ2) is 6.04. The molecular weight excluding hydrogens is 329 g/mol. The zero-order chi connectivity index (χ0) is 14.0. The molecule has 2 rings (SSSR count). The van der Waals surface area contributed by atoms with E-state index >= 15 is 0 Å². The number of hydrogen-bond acceptors (Lipinski definition) is 1. The lowest BCUT2D eigenvalue weighted by atomic mass is 9.95. The van der Waals surface area contributed by atoms with Gasteiger partial charge >= 0.3 is 0 Å². The number of aryl methyl sites for hydroxylation is 1. The van der Waals surface area contributed by atoms with Crippen molar-refractivity contribution >= 4 is 27.5 Å². The highest BCUT2D eigenvalue weighted by Gasteiger charge is 2.16. The molecule has 2 aromatic carbocycles. The maximum absolute atomic E-state index is 13.5. The van der Waals surface area contributed by atoms with E-state index in [1.807, 2.05) is 32.2 Å². The fraction of sp³-hybridized carbons (Fsp3) is 0.200. The van der Waals surface area contributed by atoms with E-state index in [9.17, 15) is 4.39 Å². The normalized spacial score (nSPS) is 12.5. The second-order valence-corrected chi connectivity index (χ2v) is 5.78. The second-order valence-electron chi connectivity index (χ2n) is 4.43. The highest BCUT2D eigenvalue weighted by molar-refractivity contribution is 9.10. The van der Waals surface area contributed by atoms with Crippen LogP contribution in [0.2, 0.25) is 5.02 Å². The Morgan fingerprint density at radius 1 is 1.21 bits per heavy atom. The van der Waals surface area contributed by atoms with Crippen molar-refractivity contribution < 1.29 is 4.39 Å². The van der Waals surface area contributed by atoms with Crippen molar-refractivity contribution in [3.63, 3.8) is 0 Å². The van der Waals surface area contributed by atoms with Gasteiger partial charge in [0.2, 0.25) is 0 Å². The Bertz CT molecular complexity index is 580. The molecule has 19 heavy (non-hydrogen) atoms. The topological polar surface area (TPSA) is 12.0 Å². The summed E-state index contributed by atoms with van der Waals surface area (Å²) >= 11 is 9.51. The van der Waals surface area contributed by atoms with Crippen LogP contribution in [0.25, 0.3) is 0 Å². The summed E-state index contributed by atoms with van der Waals surface area (Å²) in [5, 5.41) is 3.86. The molecule has 0 aliphatic rings. The first-order valence-electron chi connectivity index (χ1n) is 5.90. The highest BCUT2D eigenvalue weighted by atomic mass is 79.9. The SMILES string of the molecule is CNC(c1cc(Cl)cc(Br)c1)c1cc(F)ccc1C. The van der Waals surface area contributed by atoms with Crippen LogP contribution >= 0.6 is 27.5 Å². The van der Waals surface area contributed by atoms with Crippen molar-refractivity contribution in [3.8, 4) is 0 Å². The first-order valence-corrected chi connectivity index (χ1v) is 7.07. The van der Waals surface area contributed by atoms with E-state index in [0.29, 0.717) is 5.02 Å². The van der Waals surface area contributed by atoms with Crippen LogP contribution in [0.5, 0.6) is 0 Å². The minimum absolute atomic E-state index is 0.0919. The van der Waals surface area contributed by atoms with Crippen LogP contribution in [-0.4, -0.2) is 7.05 Å². The van der Waals surface area contributed by atoms with Crippen LogP contribution in [0.3, 0.4) is 0 Å². The molecule has 0 radical (unpaired) electrons. The number of halogens is 3. The van der Waals surface area contributed by atoms with Crippen molar-refractivity contribution in [1.82, 2.24) is 5.32 Å². The van der Waals surface area contributed by atoms with Gasteiger partial charge in [0.25, 0.3) is 0 Å². The summed E-state index contributed by atoms with van der Waals surface area (Å²) in [7, 11) is 1.85. The molecule has 1 N–H and O–H groups in total. The molecule has 0 amide bonds. The molecule has 1 unspecified atom stereocenters. The van der Waals surface area contributed by atoms with Crippen molar-refractivity contribution in [2.75, 3.05) is 7.05 Å². The summed E-state index contributed by atoms with van der Waals surface area (Å²) in [6.07, 6.45) is 0. The van der Waals surface area contributed by atoms with Gasteiger partial charge in [0, 0.05) is 9.50 Å². The number of hydrogen-bond donors (Lipinski definition) is 1. The summed E-state index contributed by atoms with van der Waals surface area (Å²) in [6.45, 7) is 1.97. The third kappa shape index (κ3) is 3.35. The molecule has 0 spiro atoms. The predicted octanol–water partition coefficient (Wildman–Crippen LogP) is 4.86. The van der Waals surface area contributed by atoms with Gasteiger partial charge < -0.3 is 5.32 Å². The average molecular weight is 343 g/mol. The third-order valence-corrected chi connectivity index (χ3v) is 3.74. The molecule has 0 saturated carbocycles. The number of rotatable bonds is 3. The molecule has 100 valence electrons. The van der Waals surface area contributed by atoms with Crippen LogP contribution < -0.4 is 5.32 Å². The number of nitrogens with one attached hydrogen (secondary N) is 1. The van der Waals surface area contributed by atoms with Gasteiger partial charge in [-0.2, -0.15) is 0 Å². The fourth-order valence-corrected chi connectivity index (χ4v) is 3.05. The van der Waals surface area contributed by atoms with Gasteiger partial charge in [-0.15, -0.1) is 0 Å². The molecule has 0 fully saturated rings. The van der Waals surface area contributed by atoms with Gasteiger partial charge in [-0.25, -0.2) is 4.39 Å². The van der Waals surface area contributed by atoms with E-state index in [-0.39, 0.29) is 11.9 Å². The van der Waals surface area contributed by atoms with E-state index in [1.54, 1.807) is 12.1 Å². The van der Waals surface area contributed by atoms with Crippen LogP contribution in [0.1, 0.15) is 22.7 Å². The summed E-state index contributed by atoms with van der Waals surface area (Å²) in [4.78, 5) is 0. The van der Waals surface area contributed by atoms with Crippen LogP contribution in [0, 0.1) is 12.7 Å². The summed E-state index contributed by atoms with van der Waals surface area (Å²) in [5.41, 5.74) is 2.95. The zero-order valence-corrected chi connectivity index (χ0v) is 13.0.